The second kappa shape index (κ2) is 9.76. The highest BCUT2D eigenvalue weighted by Crippen LogP contribution is 2.52. The maximum Gasteiger partial charge on any atom is 0.584 e. The van der Waals surface area contributed by atoms with Gasteiger partial charge in [-0.25, -0.2) is 4.57 Å². The third-order valence-electron chi connectivity index (χ3n) is 7.24. The molecule has 2 aromatic rings. The van der Waals surface area contributed by atoms with Gasteiger partial charge >= 0.3 is 7.82 Å². The molecule has 37 heavy (non-hydrogen) atoms. The van der Waals surface area contributed by atoms with Crippen molar-refractivity contribution in [1.29, 1.82) is 0 Å². The zero-order valence-corrected chi connectivity index (χ0v) is 26.2. The molecular weight excluding hydrogens is 479 g/mol. The smallest absolute Gasteiger partial charge is 0.395 e. The summed E-state index contributed by atoms with van der Waals surface area (Å²) in [5.74, 6) is 0.997. The number of rotatable bonds is 0. The Labute approximate surface area is 225 Å². The highest BCUT2D eigenvalue weighted by molar-refractivity contribution is 7.48. The first-order valence-electron chi connectivity index (χ1n) is 13.7. The summed E-state index contributed by atoms with van der Waals surface area (Å²) in [7, 11) is -4.49. The molecule has 5 heteroatoms. The van der Waals surface area contributed by atoms with Gasteiger partial charge in [0, 0.05) is 11.1 Å². The van der Waals surface area contributed by atoms with E-state index in [0.29, 0.717) is 11.5 Å². The van der Waals surface area contributed by atoms with E-state index in [1.807, 2.05) is 0 Å². The van der Waals surface area contributed by atoms with Crippen LogP contribution in [0.2, 0.25) is 0 Å². The molecule has 2 aromatic carbocycles. The SMILES string of the molecule is CC(C)(C)c1cc2c(c(C(C)(C)C)c1)OP(=O)(O)Oc1c(cc(C(C)(C)C)cc1C(C)(C)C)CCCC2. The summed E-state index contributed by atoms with van der Waals surface area (Å²) in [6.07, 6.45) is 3.46. The van der Waals surface area contributed by atoms with Crippen LogP contribution >= 0.6 is 7.82 Å². The molecule has 0 saturated carbocycles. The standard InChI is InChI=1S/C32H49O4P/c1-29(2,3)23-17-21-15-13-14-16-22-18-24(30(4,5)6)20-26(32(10,11)12)28(22)36-37(33,34)35-27(21)25(19-23)31(7,8)9/h17-20H,13-16H2,1-12H3,(H,33,34). The van der Waals surface area contributed by atoms with Gasteiger partial charge in [0.15, 0.2) is 0 Å². The van der Waals surface area contributed by atoms with Crippen LogP contribution in [0.3, 0.4) is 0 Å². The molecule has 0 spiro atoms. The van der Waals surface area contributed by atoms with Gasteiger partial charge in [-0.1, -0.05) is 107 Å². The van der Waals surface area contributed by atoms with Gasteiger partial charge in [-0.2, -0.15) is 0 Å². The summed E-state index contributed by atoms with van der Waals surface area (Å²) in [6, 6.07) is 8.60. The lowest BCUT2D eigenvalue weighted by atomic mass is 9.78. The zero-order chi connectivity index (χ0) is 28.2. The van der Waals surface area contributed by atoms with Crippen molar-refractivity contribution in [2.45, 2.75) is 130 Å². The second-order valence-corrected chi connectivity index (χ2v) is 16.2. The van der Waals surface area contributed by atoms with E-state index in [-0.39, 0.29) is 21.7 Å². The summed E-state index contributed by atoms with van der Waals surface area (Å²) in [6.45, 7) is 25.9. The van der Waals surface area contributed by atoms with Crippen LogP contribution in [0.25, 0.3) is 0 Å². The molecule has 0 atom stereocenters. The van der Waals surface area contributed by atoms with Crippen LogP contribution in [0.1, 0.15) is 129 Å². The third kappa shape index (κ3) is 7.01. The summed E-state index contributed by atoms with van der Waals surface area (Å²) >= 11 is 0. The fourth-order valence-corrected chi connectivity index (χ4v) is 5.76. The minimum absolute atomic E-state index is 0.0537. The lowest BCUT2D eigenvalue weighted by Crippen LogP contribution is -2.20. The van der Waals surface area contributed by atoms with Crippen molar-refractivity contribution in [2.24, 2.45) is 0 Å². The lowest BCUT2D eigenvalue weighted by Gasteiger charge is -2.31. The van der Waals surface area contributed by atoms with Crippen molar-refractivity contribution < 1.29 is 18.5 Å². The zero-order valence-electron chi connectivity index (χ0n) is 25.3. The minimum atomic E-state index is -4.49. The van der Waals surface area contributed by atoms with Crippen LogP contribution in [0.4, 0.5) is 0 Å². The predicted octanol–water partition coefficient (Wildman–Crippen LogP) is 9.31. The molecule has 0 bridgehead atoms. The maximum atomic E-state index is 13.7. The number of aryl methyl sites for hydroxylation is 2. The van der Waals surface area contributed by atoms with Crippen LogP contribution in [0.15, 0.2) is 24.3 Å². The molecule has 0 aromatic heterocycles. The van der Waals surface area contributed by atoms with Gasteiger partial charge in [-0.15, -0.1) is 0 Å². The highest BCUT2D eigenvalue weighted by atomic mass is 31.2. The number of hydrogen-bond acceptors (Lipinski definition) is 3. The summed E-state index contributed by atoms with van der Waals surface area (Å²) < 4.78 is 25.8. The Morgan fingerprint density at radius 1 is 0.595 bits per heavy atom. The first-order valence-corrected chi connectivity index (χ1v) is 15.2. The Bertz CT molecular complexity index is 1110. The third-order valence-corrected chi connectivity index (χ3v) is 8.06. The fraction of sp³-hybridized carbons (Fsp3) is 0.625. The van der Waals surface area contributed by atoms with Gasteiger partial charge in [0.2, 0.25) is 0 Å². The Kier molecular flexibility index (Phi) is 7.86. The summed E-state index contributed by atoms with van der Waals surface area (Å²) in [5.41, 5.74) is 5.58. The molecule has 206 valence electrons. The Morgan fingerprint density at radius 3 is 1.19 bits per heavy atom. The van der Waals surface area contributed by atoms with Crippen LogP contribution in [-0.4, -0.2) is 4.89 Å². The molecule has 1 aliphatic rings. The van der Waals surface area contributed by atoms with E-state index in [2.05, 4.69) is 107 Å². The normalized spacial score (nSPS) is 17.1. The minimum Gasteiger partial charge on any atom is -0.395 e. The predicted molar refractivity (Wildman–Crippen MR) is 155 cm³/mol. The lowest BCUT2D eigenvalue weighted by molar-refractivity contribution is 0.284. The van der Waals surface area contributed by atoms with Crippen LogP contribution < -0.4 is 9.05 Å². The van der Waals surface area contributed by atoms with Gasteiger partial charge in [-0.3, -0.25) is 4.89 Å². The number of phosphoric acid groups is 1. The van der Waals surface area contributed by atoms with Crippen LogP contribution in [0, 0.1) is 0 Å². The van der Waals surface area contributed by atoms with Gasteiger partial charge in [-0.05, 0) is 69.6 Å². The molecule has 1 heterocycles. The van der Waals surface area contributed by atoms with Crippen molar-refractivity contribution in [3.05, 3.63) is 57.6 Å². The molecule has 0 fully saturated rings. The van der Waals surface area contributed by atoms with Gasteiger partial charge in [0.05, 0.1) is 0 Å². The Balaban J connectivity index is 2.25. The van der Waals surface area contributed by atoms with E-state index in [1.54, 1.807) is 0 Å². The monoisotopic (exact) mass is 528 g/mol. The average molecular weight is 529 g/mol. The first kappa shape index (κ1) is 29.8. The molecule has 0 aliphatic carbocycles. The van der Waals surface area contributed by atoms with E-state index >= 15 is 0 Å². The van der Waals surface area contributed by atoms with Crippen LogP contribution in [-0.2, 0) is 39.1 Å². The van der Waals surface area contributed by atoms with Crippen molar-refractivity contribution >= 4 is 7.82 Å². The van der Waals surface area contributed by atoms with Crippen molar-refractivity contribution in [3.63, 3.8) is 0 Å². The number of phosphoric ester groups is 1. The highest BCUT2D eigenvalue weighted by Gasteiger charge is 2.36. The molecule has 1 aliphatic heterocycles. The largest absolute Gasteiger partial charge is 0.584 e. The molecule has 0 radical (unpaired) electrons. The molecule has 0 amide bonds. The average Bonchev–Trinajstić information content (AvgIpc) is 2.70. The summed E-state index contributed by atoms with van der Waals surface area (Å²) in [5, 5.41) is 0. The molecule has 1 N–H and O–H groups in total. The first-order chi connectivity index (χ1) is 16.6. The van der Waals surface area contributed by atoms with E-state index in [1.165, 1.54) is 11.1 Å². The summed E-state index contributed by atoms with van der Waals surface area (Å²) in [4.78, 5) is 11.2. The maximum absolute atomic E-state index is 13.7. The van der Waals surface area contributed by atoms with E-state index < -0.39 is 7.82 Å². The van der Waals surface area contributed by atoms with Crippen molar-refractivity contribution in [1.82, 2.24) is 0 Å². The topological polar surface area (TPSA) is 55.8 Å². The quantitative estimate of drug-likeness (QED) is 0.346. The molecule has 4 nitrogen and oxygen atoms in total. The van der Waals surface area contributed by atoms with Crippen molar-refractivity contribution in [3.8, 4) is 11.5 Å². The Morgan fingerprint density at radius 2 is 0.919 bits per heavy atom. The fourth-order valence-electron chi connectivity index (χ4n) is 4.83. The molecule has 3 rings (SSSR count). The van der Waals surface area contributed by atoms with E-state index in [4.69, 9.17) is 9.05 Å². The second-order valence-electron chi connectivity index (χ2n) is 14.9. The van der Waals surface area contributed by atoms with Crippen molar-refractivity contribution in [2.75, 3.05) is 0 Å². The van der Waals surface area contributed by atoms with Gasteiger partial charge in [0.25, 0.3) is 0 Å². The number of fused-ring (bicyclic) bond motifs is 2. The molecular formula is C32H49O4P. The van der Waals surface area contributed by atoms with Gasteiger partial charge < -0.3 is 9.05 Å². The van der Waals surface area contributed by atoms with E-state index in [0.717, 1.165) is 47.9 Å². The van der Waals surface area contributed by atoms with E-state index in [9.17, 15) is 9.46 Å². The number of benzene rings is 2. The van der Waals surface area contributed by atoms with Gasteiger partial charge in [0.1, 0.15) is 11.5 Å². The molecule has 0 saturated heterocycles. The number of hydrogen-bond donors (Lipinski definition) is 1. The van der Waals surface area contributed by atoms with Crippen LogP contribution in [0.5, 0.6) is 11.5 Å². The Hall–Kier alpha value is -1.77. The molecule has 0 unspecified atom stereocenters.